The molecule has 2 nitrogen and oxygen atoms in total. The Morgan fingerprint density at radius 2 is 2.25 bits per heavy atom. The van der Waals surface area contributed by atoms with Crippen molar-refractivity contribution in [2.75, 3.05) is 13.6 Å². The number of nitrogens with one attached hydrogen (secondary N) is 1. The Balaban J connectivity index is 1.66. The third-order valence-corrected chi connectivity index (χ3v) is 5.93. The average Bonchev–Trinajstić information content (AvgIpc) is 2.85. The molecule has 0 saturated carbocycles. The summed E-state index contributed by atoms with van der Waals surface area (Å²) < 4.78 is 0. The lowest BCUT2D eigenvalue weighted by molar-refractivity contribution is 0.520. The summed E-state index contributed by atoms with van der Waals surface area (Å²) in [5, 5.41) is 4.68. The minimum Gasteiger partial charge on any atom is -0.319 e. The number of hydrogen-bond acceptors (Lipinski definition) is 3. The Labute approximate surface area is 124 Å². The van der Waals surface area contributed by atoms with Crippen molar-refractivity contribution in [2.24, 2.45) is 0 Å². The minimum atomic E-state index is 0.567. The molecule has 104 valence electrons. The van der Waals surface area contributed by atoms with Crippen LogP contribution < -0.4 is 5.32 Å². The number of nitrogens with zero attached hydrogens (tertiary/aromatic N) is 1. The van der Waals surface area contributed by atoms with Gasteiger partial charge in [0.1, 0.15) is 5.01 Å². The van der Waals surface area contributed by atoms with Crippen LogP contribution in [0.5, 0.6) is 0 Å². The van der Waals surface area contributed by atoms with Gasteiger partial charge in [0.15, 0.2) is 0 Å². The fourth-order valence-corrected chi connectivity index (χ4v) is 4.91. The Morgan fingerprint density at radius 1 is 1.35 bits per heavy atom. The van der Waals surface area contributed by atoms with Crippen LogP contribution in [0.3, 0.4) is 0 Å². The molecule has 20 heavy (non-hydrogen) atoms. The molecule has 4 rings (SSSR count). The van der Waals surface area contributed by atoms with Gasteiger partial charge in [-0.3, -0.25) is 0 Å². The van der Waals surface area contributed by atoms with Crippen molar-refractivity contribution >= 4 is 11.3 Å². The fraction of sp³-hybridized carbons (Fsp3) is 0.471. The zero-order valence-electron chi connectivity index (χ0n) is 11.9. The number of hydrogen-bond donors (Lipinski definition) is 1. The first-order chi connectivity index (χ1) is 9.86. The first-order valence-electron chi connectivity index (χ1n) is 7.58. The summed E-state index contributed by atoms with van der Waals surface area (Å²) in [6.45, 7) is 1.07. The zero-order valence-corrected chi connectivity index (χ0v) is 12.7. The number of aryl methyl sites for hydroxylation is 1. The molecule has 0 aliphatic heterocycles. The van der Waals surface area contributed by atoms with E-state index in [1.807, 2.05) is 18.4 Å². The molecule has 1 aromatic heterocycles. The molecule has 0 radical (unpaired) electrons. The second-order valence-electron chi connectivity index (χ2n) is 5.96. The van der Waals surface area contributed by atoms with Gasteiger partial charge in [-0.15, -0.1) is 11.3 Å². The number of likely N-dealkylation sites (N-methyl/N-ethyl adjacent to an activating group) is 1. The summed E-state index contributed by atoms with van der Waals surface area (Å²) >= 11 is 1.97. The molecule has 0 saturated heterocycles. The van der Waals surface area contributed by atoms with Crippen molar-refractivity contribution in [3.63, 3.8) is 0 Å². The van der Waals surface area contributed by atoms with Crippen molar-refractivity contribution < 1.29 is 0 Å². The van der Waals surface area contributed by atoms with E-state index in [1.54, 1.807) is 4.88 Å². The molecule has 3 heteroatoms. The second-order valence-corrected chi connectivity index (χ2v) is 7.08. The van der Waals surface area contributed by atoms with Crippen LogP contribution in [0.2, 0.25) is 0 Å². The molecule has 2 aliphatic carbocycles. The first-order valence-corrected chi connectivity index (χ1v) is 8.40. The van der Waals surface area contributed by atoms with Gasteiger partial charge in [-0.05, 0) is 43.9 Å². The third-order valence-electron chi connectivity index (χ3n) is 4.69. The van der Waals surface area contributed by atoms with Crippen molar-refractivity contribution in [1.82, 2.24) is 10.3 Å². The van der Waals surface area contributed by atoms with Crippen LogP contribution in [0, 0.1) is 0 Å². The topological polar surface area (TPSA) is 24.9 Å². The van der Waals surface area contributed by atoms with E-state index < -0.39 is 0 Å². The van der Waals surface area contributed by atoms with E-state index >= 15 is 0 Å². The van der Waals surface area contributed by atoms with Gasteiger partial charge in [-0.2, -0.15) is 0 Å². The van der Waals surface area contributed by atoms with Gasteiger partial charge >= 0.3 is 0 Å². The maximum Gasteiger partial charge on any atom is 0.101 e. The normalized spacial score (nSPS) is 23.9. The van der Waals surface area contributed by atoms with Crippen LogP contribution in [-0.4, -0.2) is 18.6 Å². The summed E-state index contributed by atoms with van der Waals surface area (Å²) in [6, 6.07) is 8.82. The van der Waals surface area contributed by atoms with E-state index in [0.717, 1.165) is 6.54 Å². The van der Waals surface area contributed by atoms with Gasteiger partial charge in [0.05, 0.1) is 5.69 Å². The monoisotopic (exact) mass is 284 g/mol. The molecule has 2 atom stereocenters. The molecule has 0 amide bonds. The largest absolute Gasteiger partial charge is 0.319 e. The third kappa shape index (κ3) is 1.92. The van der Waals surface area contributed by atoms with Gasteiger partial charge in [0.25, 0.3) is 0 Å². The SMILES string of the molecule is CNCC1CCCc2sc(C3Cc4ccccc43)nc21. The number of benzene rings is 1. The van der Waals surface area contributed by atoms with Crippen molar-refractivity contribution in [3.8, 4) is 0 Å². The standard InChI is InChI=1S/C17H20N2S/c1-18-10-12-6-4-8-15-16(12)19-17(20-15)14-9-11-5-2-3-7-13(11)14/h2-3,5,7,12,14,18H,4,6,8-10H2,1H3. The van der Waals surface area contributed by atoms with Gasteiger partial charge < -0.3 is 5.32 Å². The van der Waals surface area contributed by atoms with E-state index in [1.165, 1.54) is 47.5 Å². The summed E-state index contributed by atoms with van der Waals surface area (Å²) in [5.41, 5.74) is 4.41. The van der Waals surface area contributed by atoms with Crippen molar-refractivity contribution in [1.29, 1.82) is 0 Å². The first kappa shape index (κ1) is 12.5. The highest BCUT2D eigenvalue weighted by molar-refractivity contribution is 7.11. The second kappa shape index (κ2) is 4.97. The lowest BCUT2D eigenvalue weighted by Gasteiger charge is -2.28. The molecule has 0 fully saturated rings. The molecule has 0 bridgehead atoms. The van der Waals surface area contributed by atoms with Gasteiger partial charge in [-0.1, -0.05) is 24.3 Å². The van der Waals surface area contributed by atoms with E-state index in [4.69, 9.17) is 4.98 Å². The number of fused-ring (bicyclic) bond motifs is 2. The van der Waals surface area contributed by atoms with Gasteiger partial charge in [-0.25, -0.2) is 4.98 Å². The Kier molecular flexibility index (Phi) is 3.12. The van der Waals surface area contributed by atoms with Crippen LogP contribution in [0.4, 0.5) is 0 Å². The lowest BCUT2D eigenvalue weighted by Crippen LogP contribution is -2.21. The molecular weight excluding hydrogens is 264 g/mol. The van der Waals surface area contributed by atoms with E-state index in [0.29, 0.717) is 11.8 Å². The highest BCUT2D eigenvalue weighted by atomic mass is 32.1. The molecule has 1 N–H and O–H groups in total. The molecule has 2 aromatic rings. The van der Waals surface area contributed by atoms with Crippen molar-refractivity contribution in [2.45, 2.75) is 37.5 Å². The Bertz CT molecular complexity index is 632. The van der Waals surface area contributed by atoms with Crippen molar-refractivity contribution in [3.05, 3.63) is 51.0 Å². The summed E-state index contributed by atoms with van der Waals surface area (Å²) in [6.07, 6.45) is 5.03. The van der Waals surface area contributed by atoms with Crippen LogP contribution >= 0.6 is 11.3 Å². The Hall–Kier alpha value is -1.19. The van der Waals surface area contributed by atoms with Crippen LogP contribution in [0.25, 0.3) is 0 Å². The fourth-order valence-electron chi connectivity index (χ4n) is 3.60. The zero-order chi connectivity index (χ0) is 13.5. The number of rotatable bonds is 3. The summed E-state index contributed by atoms with van der Waals surface area (Å²) in [5.74, 6) is 1.20. The van der Waals surface area contributed by atoms with E-state index in [9.17, 15) is 0 Å². The quantitative estimate of drug-likeness (QED) is 0.933. The highest BCUT2D eigenvalue weighted by Crippen LogP contribution is 2.44. The molecule has 2 unspecified atom stereocenters. The van der Waals surface area contributed by atoms with Crippen LogP contribution in [-0.2, 0) is 12.8 Å². The van der Waals surface area contributed by atoms with Crippen LogP contribution in [0.15, 0.2) is 24.3 Å². The molecule has 2 aliphatic rings. The maximum absolute atomic E-state index is 5.05. The molecule has 0 spiro atoms. The van der Waals surface area contributed by atoms with E-state index in [2.05, 4.69) is 29.6 Å². The van der Waals surface area contributed by atoms with Gasteiger partial charge in [0.2, 0.25) is 0 Å². The predicted molar refractivity (Wildman–Crippen MR) is 83.7 cm³/mol. The highest BCUT2D eigenvalue weighted by Gasteiger charge is 2.32. The van der Waals surface area contributed by atoms with Gasteiger partial charge in [0, 0.05) is 23.3 Å². The predicted octanol–water partition coefficient (Wildman–Crippen LogP) is 3.47. The molecular formula is C17H20N2S. The molecule has 1 heterocycles. The minimum absolute atomic E-state index is 0.567. The average molecular weight is 284 g/mol. The smallest absolute Gasteiger partial charge is 0.101 e. The number of thiazole rings is 1. The molecule has 1 aromatic carbocycles. The lowest BCUT2D eigenvalue weighted by atomic mass is 9.78. The summed E-state index contributed by atoms with van der Waals surface area (Å²) in [4.78, 5) is 6.60. The van der Waals surface area contributed by atoms with E-state index in [-0.39, 0.29) is 0 Å². The van der Waals surface area contributed by atoms with Crippen LogP contribution in [0.1, 0.15) is 51.4 Å². The maximum atomic E-state index is 5.05. The number of aromatic nitrogens is 1. The Morgan fingerprint density at radius 3 is 3.10 bits per heavy atom. The summed E-state index contributed by atoms with van der Waals surface area (Å²) in [7, 11) is 2.05.